The van der Waals surface area contributed by atoms with Crippen LogP contribution in [0.4, 0.5) is 11.4 Å². The van der Waals surface area contributed by atoms with Crippen LogP contribution < -0.4 is 15.1 Å². The van der Waals surface area contributed by atoms with E-state index in [-0.39, 0.29) is 24.4 Å². The highest BCUT2D eigenvalue weighted by atomic mass is 32.2. The second-order valence-corrected chi connectivity index (χ2v) is 7.71. The highest BCUT2D eigenvalue weighted by Gasteiger charge is 2.32. The van der Waals surface area contributed by atoms with Crippen LogP contribution in [-0.4, -0.2) is 44.2 Å². The molecule has 142 valence electrons. The molecule has 0 fully saturated rings. The summed E-state index contributed by atoms with van der Waals surface area (Å²) in [6, 6.07) is 15.5. The number of carbonyl (C=O) groups is 2. The second-order valence-electron chi connectivity index (χ2n) is 6.86. The number of nitrogens with zero attached hydrogens (tertiary/aromatic N) is 1. The fraction of sp³-hybridized carbons (Fsp3) is 0.333. The highest BCUT2D eigenvalue weighted by Crippen LogP contribution is 2.27. The molecular formula is C21H26N3O2S+. The summed E-state index contributed by atoms with van der Waals surface area (Å²) in [5.74, 6) is -0.0229. The van der Waals surface area contributed by atoms with Crippen molar-refractivity contribution in [3.63, 3.8) is 0 Å². The second kappa shape index (κ2) is 8.59. The maximum atomic E-state index is 13.0. The molecule has 0 saturated carbocycles. The number of para-hydroxylation sites is 2. The fourth-order valence-corrected chi connectivity index (χ4v) is 3.91. The lowest BCUT2D eigenvalue weighted by Crippen LogP contribution is -3.15. The molecule has 2 aromatic rings. The van der Waals surface area contributed by atoms with Crippen LogP contribution in [0.2, 0.25) is 0 Å². The molecule has 2 atom stereocenters. The molecule has 1 aliphatic heterocycles. The Morgan fingerprint density at radius 2 is 1.89 bits per heavy atom. The van der Waals surface area contributed by atoms with Gasteiger partial charge >= 0.3 is 0 Å². The van der Waals surface area contributed by atoms with Gasteiger partial charge in [0.15, 0.2) is 12.6 Å². The van der Waals surface area contributed by atoms with Gasteiger partial charge < -0.3 is 15.1 Å². The first-order valence-corrected chi connectivity index (χ1v) is 10.4. The van der Waals surface area contributed by atoms with Crippen molar-refractivity contribution in [3.8, 4) is 0 Å². The van der Waals surface area contributed by atoms with Crippen molar-refractivity contribution in [2.75, 3.05) is 36.6 Å². The Morgan fingerprint density at radius 1 is 1.19 bits per heavy atom. The summed E-state index contributed by atoms with van der Waals surface area (Å²) in [6.45, 7) is 2.84. The third-order valence-corrected chi connectivity index (χ3v) is 5.88. The van der Waals surface area contributed by atoms with Crippen LogP contribution in [0.15, 0.2) is 53.4 Å². The molecule has 27 heavy (non-hydrogen) atoms. The Hall–Kier alpha value is -2.31. The van der Waals surface area contributed by atoms with Crippen molar-refractivity contribution in [1.29, 1.82) is 0 Å². The minimum Gasteiger partial charge on any atom is -0.320 e. The van der Waals surface area contributed by atoms with Crippen molar-refractivity contribution in [2.45, 2.75) is 24.3 Å². The number of amides is 2. The van der Waals surface area contributed by atoms with Crippen LogP contribution in [-0.2, 0) is 16.0 Å². The third kappa shape index (κ3) is 4.34. The van der Waals surface area contributed by atoms with Gasteiger partial charge in [0.2, 0.25) is 0 Å². The van der Waals surface area contributed by atoms with Crippen LogP contribution in [0.1, 0.15) is 12.5 Å². The summed E-state index contributed by atoms with van der Waals surface area (Å²) >= 11 is 1.60. The van der Waals surface area contributed by atoms with E-state index in [2.05, 4.69) is 11.4 Å². The van der Waals surface area contributed by atoms with E-state index in [0.29, 0.717) is 6.54 Å². The van der Waals surface area contributed by atoms with Crippen LogP contribution in [0, 0.1) is 0 Å². The van der Waals surface area contributed by atoms with Gasteiger partial charge in [-0.1, -0.05) is 30.3 Å². The molecule has 6 heteroatoms. The molecule has 0 saturated heterocycles. The third-order valence-electron chi connectivity index (χ3n) is 5.08. The van der Waals surface area contributed by atoms with E-state index in [0.717, 1.165) is 27.6 Å². The topological polar surface area (TPSA) is 53.9 Å². The number of quaternary nitrogens is 1. The molecule has 5 nitrogen and oxygen atoms in total. The number of thioether (sulfide) groups is 1. The molecule has 1 unspecified atom stereocenters. The summed E-state index contributed by atoms with van der Waals surface area (Å²) in [5.41, 5.74) is 3.03. The molecule has 0 aliphatic carbocycles. The molecule has 2 aromatic carbocycles. The Bertz CT molecular complexity index is 840. The molecule has 0 spiro atoms. The largest absolute Gasteiger partial charge is 0.320 e. The van der Waals surface area contributed by atoms with Crippen molar-refractivity contribution in [3.05, 3.63) is 54.1 Å². The number of hydrogen-bond donors (Lipinski definition) is 2. The van der Waals surface area contributed by atoms with Gasteiger partial charge in [-0.15, -0.1) is 11.8 Å². The molecule has 0 bridgehead atoms. The van der Waals surface area contributed by atoms with Gasteiger partial charge in [0, 0.05) is 17.1 Å². The minimum atomic E-state index is -0.294. The van der Waals surface area contributed by atoms with Gasteiger partial charge in [0.1, 0.15) is 0 Å². The lowest BCUT2D eigenvalue weighted by atomic mass is 10.2. The van der Waals surface area contributed by atoms with Crippen LogP contribution in [0.3, 0.4) is 0 Å². The number of anilines is 2. The van der Waals surface area contributed by atoms with Crippen molar-refractivity contribution in [1.82, 2.24) is 0 Å². The average molecular weight is 385 g/mol. The zero-order valence-electron chi connectivity index (χ0n) is 16.0. The first-order valence-electron chi connectivity index (χ1n) is 9.15. The minimum absolute atomic E-state index is 0.0646. The molecule has 0 radical (unpaired) electrons. The lowest BCUT2D eigenvalue weighted by molar-refractivity contribution is -0.885. The monoisotopic (exact) mass is 384 g/mol. The van der Waals surface area contributed by atoms with Crippen molar-refractivity contribution >= 4 is 35.0 Å². The maximum Gasteiger partial charge on any atom is 0.284 e. The molecule has 2 amide bonds. The summed E-state index contributed by atoms with van der Waals surface area (Å²) in [4.78, 5) is 29.2. The van der Waals surface area contributed by atoms with E-state index in [1.54, 1.807) is 11.8 Å². The first kappa shape index (κ1) is 19.5. The molecule has 1 heterocycles. The number of hydrogen-bond acceptors (Lipinski definition) is 3. The van der Waals surface area contributed by atoms with Crippen LogP contribution in [0.5, 0.6) is 0 Å². The Kier molecular flexibility index (Phi) is 6.19. The van der Waals surface area contributed by atoms with Gasteiger partial charge in [-0.25, -0.2) is 0 Å². The Balaban J connectivity index is 1.61. The molecule has 1 aliphatic rings. The van der Waals surface area contributed by atoms with E-state index >= 15 is 0 Å². The van der Waals surface area contributed by atoms with E-state index in [4.69, 9.17) is 0 Å². The fourth-order valence-electron chi connectivity index (χ4n) is 3.36. The van der Waals surface area contributed by atoms with Gasteiger partial charge in [-0.3, -0.25) is 9.59 Å². The maximum absolute atomic E-state index is 13.0. The first-order chi connectivity index (χ1) is 13.0. The van der Waals surface area contributed by atoms with E-state index in [1.165, 1.54) is 5.56 Å². The Labute approximate surface area is 164 Å². The molecular weight excluding hydrogens is 358 g/mol. The average Bonchev–Trinajstić information content (AvgIpc) is 3.11. The van der Waals surface area contributed by atoms with Gasteiger partial charge in [-0.2, -0.15) is 0 Å². The van der Waals surface area contributed by atoms with Crippen LogP contribution in [0.25, 0.3) is 0 Å². The van der Waals surface area contributed by atoms with Gasteiger partial charge in [0.05, 0.1) is 12.7 Å². The summed E-state index contributed by atoms with van der Waals surface area (Å²) in [5, 5.41) is 2.97. The smallest absolute Gasteiger partial charge is 0.284 e. The zero-order valence-corrected chi connectivity index (χ0v) is 16.8. The number of benzene rings is 2. The highest BCUT2D eigenvalue weighted by molar-refractivity contribution is 7.98. The molecule has 3 rings (SSSR count). The van der Waals surface area contributed by atoms with Crippen molar-refractivity contribution < 1.29 is 14.5 Å². The zero-order chi connectivity index (χ0) is 19.4. The molecule has 2 N–H and O–H groups in total. The van der Waals surface area contributed by atoms with Gasteiger partial charge in [0.25, 0.3) is 11.8 Å². The SMILES string of the molecule is CSc1ccccc1NC(=O)C[NH+](C)[C@H](C)C(=O)N1CCc2ccccc21. The lowest BCUT2D eigenvalue weighted by Gasteiger charge is -2.25. The van der Waals surface area contributed by atoms with E-state index in [1.807, 2.05) is 67.6 Å². The number of carbonyl (C=O) groups excluding carboxylic acids is 2. The van der Waals surface area contributed by atoms with E-state index < -0.39 is 0 Å². The molecule has 0 aromatic heterocycles. The normalized spacial score (nSPS) is 15.1. The Morgan fingerprint density at radius 3 is 2.67 bits per heavy atom. The predicted octanol–water partition coefficient (Wildman–Crippen LogP) is 1.84. The number of fused-ring (bicyclic) bond motifs is 1. The summed E-state index contributed by atoms with van der Waals surface area (Å²) in [6.07, 6.45) is 2.87. The van der Waals surface area contributed by atoms with Gasteiger partial charge in [-0.05, 0) is 43.4 Å². The number of rotatable bonds is 6. The summed E-state index contributed by atoms with van der Waals surface area (Å²) < 4.78 is 0. The standard InChI is InChI=1S/C21H25N3O2S/c1-15(21(26)24-13-12-16-8-4-6-10-18(16)24)23(2)14-20(25)22-17-9-5-7-11-19(17)27-3/h4-11,15H,12-14H2,1-3H3,(H,22,25)/p+1/t15-/m1/s1. The summed E-state index contributed by atoms with van der Waals surface area (Å²) in [7, 11) is 1.89. The van der Waals surface area contributed by atoms with E-state index in [9.17, 15) is 9.59 Å². The predicted molar refractivity (Wildman–Crippen MR) is 111 cm³/mol. The van der Waals surface area contributed by atoms with Crippen molar-refractivity contribution in [2.24, 2.45) is 0 Å². The number of nitrogens with one attached hydrogen (secondary N) is 2. The quantitative estimate of drug-likeness (QED) is 0.748. The van der Waals surface area contributed by atoms with Crippen LogP contribution >= 0.6 is 11.8 Å². The number of likely N-dealkylation sites (N-methyl/N-ethyl adjacent to an activating group) is 1.